The molecule has 0 saturated carbocycles. The fourth-order valence-corrected chi connectivity index (χ4v) is 5.01. The Morgan fingerprint density at radius 1 is 0.871 bits per heavy atom. The number of nitrogens with zero attached hydrogens (tertiary/aromatic N) is 1. The Labute approximate surface area is 184 Å². The van der Waals surface area contributed by atoms with Crippen LogP contribution in [-0.4, -0.2) is 26.0 Å². The molecule has 0 atom stereocenters. The zero-order chi connectivity index (χ0) is 22.3. The number of benzene rings is 3. The molecule has 0 heterocycles. The Bertz CT molecular complexity index is 1110. The van der Waals surface area contributed by atoms with Crippen molar-refractivity contribution in [3.8, 4) is 0 Å². The number of anilines is 1. The van der Waals surface area contributed by atoms with Crippen molar-refractivity contribution in [2.24, 2.45) is 0 Å². The summed E-state index contributed by atoms with van der Waals surface area (Å²) in [6.07, 6.45) is 2.98. The monoisotopic (exact) mass is 437 g/mol. The van der Waals surface area contributed by atoms with E-state index in [1.807, 2.05) is 43.3 Å². The predicted molar refractivity (Wildman–Crippen MR) is 123 cm³/mol. The predicted octanol–water partition coefficient (Wildman–Crippen LogP) is 5.17. The van der Waals surface area contributed by atoms with Gasteiger partial charge in [-0.2, -0.15) is 0 Å². The molecule has 0 amide bonds. The fraction of sp³-hybridized carbons (Fsp3) is 0.240. The third-order valence-electron chi connectivity index (χ3n) is 5.19. The molecule has 0 saturated heterocycles. The van der Waals surface area contributed by atoms with E-state index in [2.05, 4.69) is 0 Å². The lowest BCUT2D eigenvalue weighted by Crippen LogP contribution is -2.32. The number of aryl methyl sites for hydroxylation is 2. The number of carbonyl (C=O) groups is 1. The van der Waals surface area contributed by atoms with Gasteiger partial charge >= 0.3 is 5.97 Å². The molecule has 3 rings (SSSR count). The van der Waals surface area contributed by atoms with Crippen molar-refractivity contribution in [2.75, 3.05) is 10.8 Å². The molecule has 162 valence electrons. The van der Waals surface area contributed by atoms with E-state index in [1.54, 1.807) is 42.5 Å². The summed E-state index contributed by atoms with van der Waals surface area (Å²) in [4.78, 5) is 11.3. The molecule has 0 fully saturated rings. The summed E-state index contributed by atoms with van der Waals surface area (Å²) < 4.78 is 28.4. The van der Waals surface area contributed by atoms with Crippen LogP contribution in [0.1, 0.15) is 41.3 Å². The number of aromatic carboxylic acids is 1. The topological polar surface area (TPSA) is 74.7 Å². The SMILES string of the molecule is CCCCN(c1ccccc1CCc1ccc(C(=O)O)cc1)S(=O)(=O)c1ccccc1. The van der Waals surface area contributed by atoms with Gasteiger partial charge in [0.25, 0.3) is 10.0 Å². The lowest BCUT2D eigenvalue weighted by Gasteiger charge is -2.27. The molecule has 3 aromatic carbocycles. The van der Waals surface area contributed by atoms with Gasteiger partial charge in [-0.1, -0.05) is 61.9 Å². The van der Waals surface area contributed by atoms with Crippen molar-refractivity contribution in [3.63, 3.8) is 0 Å². The Kier molecular flexibility index (Phi) is 7.47. The normalized spacial score (nSPS) is 11.3. The first-order chi connectivity index (χ1) is 14.9. The third kappa shape index (κ3) is 5.52. The molecule has 0 radical (unpaired) electrons. The molecular weight excluding hydrogens is 410 g/mol. The first kappa shape index (κ1) is 22.6. The number of hydrogen-bond acceptors (Lipinski definition) is 3. The first-order valence-corrected chi connectivity index (χ1v) is 11.9. The van der Waals surface area contributed by atoms with Crippen LogP contribution in [0.4, 0.5) is 5.69 Å². The molecule has 0 aromatic heterocycles. The minimum atomic E-state index is -3.68. The highest BCUT2D eigenvalue weighted by atomic mass is 32.2. The van der Waals surface area contributed by atoms with E-state index in [4.69, 9.17) is 5.11 Å². The van der Waals surface area contributed by atoms with Gasteiger partial charge in [-0.25, -0.2) is 13.2 Å². The highest BCUT2D eigenvalue weighted by Gasteiger charge is 2.26. The molecule has 3 aromatic rings. The fourth-order valence-electron chi connectivity index (χ4n) is 3.45. The van der Waals surface area contributed by atoms with Crippen molar-refractivity contribution >= 4 is 21.7 Å². The van der Waals surface area contributed by atoms with E-state index in [9.17, 15) is 13.2 Å². The molecule has 5 nitrogen and oxygen atoms in total. The number of carboxylic acids is 1. The Morgan fingerprint density at radius 2 is 1.52 bits per heavy atom. The van der Waals surface area contributed by atoms with Crippen LogP contribution in [-0.2, 0) is 22.9 Å². The number of unbranched alkanes of at least 4 members (excludes halogenated alkanes) is 1. The van der Waals surface area contributed by atoms with E-state index in [0.29, 0.717) is 25.1 Å². The molecule has 1 N–H and O–H groups in total. The minimum Gasteiger partial charge on any atom is -0.478 e. The van der Waals surface area contributed by atoms with Crippen molar-refractivity contribution in [3.05, 3.63) is 95.6 Å². The summed E-state index contributed by atoms with van der Waals surface area (Å²) in [5, 5.41) is 9.06. The summed E-state index contributed by atoms with van der Waals surface area (Å²) in [6, 6.07) is 22.9. The van der Waals surface area contributed by atoms with Gasteiger partial charge in [-0.3, -0.25) is 4.31 Å². The van der Waals surface area contributed by atoms with Gasteiger partial charge in [0.05, 0.1) is 16.1 Å². The van der Waals surface area contributed by atoms with Gasteiger partial charge in [-0.15, -0.1) is 0 Å². The van der Waals surface area contributed by atoms with Crippen LogP contribution in [0, 0.1) is 0 Å². The largest absolute Gasteiger partial charge is 0.478 e. The van der Waals surface area contributed by atoms with E-state index in [0.717, 1.165) is 24.0 Å². The van der Waals surface area contributed by atoms with Gasteiger partial charge in [0.2, 0.25) is 0 Å². The lowest BCUT2D eigenvalue weighted by molar-refractivity contribution is 0.0697. The molecule has 6 heteroatoms. The van der Waals surface area contributed by atoms with Crippen LogP contribution < -0.4 is 4.31 Å². The summed E-state index contributed by atoms with van der Waals surface area (Å²) in [5.41, 5.74) is 2.90. The zero-order valence-corrected chi connectivity index (χ0v) is 18.4. The molecule has 0 aliphatic heterocycles. The van der Waals surface area contributed by atoms with Crippen LogP contribution in [0.25, 0.3) is 0 Å². The van der Waals surface area contributed by atoms with Gasteiger partial charge in [0, 0.05) is 6.54 Å². The van der Waals surface area contributed by atoms with Gasteiger partial charge in [0.1, 0.15) is 0 Å². The van der Waals surface area contributed by atoms with Crippen LogP contribution in [0.5, 0.6) is 0 Å². The maximum absolute atomic E-state index is 13.4. The van der Waals surface area contributed by atoms with Gasteiger partial charge in [-0.05, 0) is 60.7 Å². The lowest BCUT2D eigenvalue weighted by atomic mass is 10.0. The Hall–Kier alpha value is -3.12. The summed E-state index contributed by atoms with van der Waals surface area (Å²) in [5.74, 6) is -0.949. The van der Waals surface area contributed by atoms with E-state index < -0.39 is 16.0 Å². The first-order valence-electron chi connectivity index (χ1n) is 10.4. The number of carboxylic acid groups (broad SMARTS) is 1. The summed E-state index contributed by atoms with van der Waals surface area (Å²) >= 11 is 0. The average Bonchev–Trinajstić information content (AvgIpc) is 2.79. The molecule has 0 bridgehead atoms. The maximum atomic E-state index is 13.4. The van der Waals surface area contributed by atoms with Crippen molar-refractivity contribution in [2.45, 2.75) is 37.5 Å². The number of rotatable bonds is 10. The second-order valence-electron chi connectivity index (χ2n) is 7.37. The number of hydrogen-bond donors (Lipinski definition) is 1. The second-order valence-corrected chi connectivity index (χ2v) is 9.24. The second kappa shape index (κ2) is 10.3. The molecule has 0 aliphatic rings. The molecular formula is C25H27NO4S. The van der Waals surface area contributed by atoms with Crippen LogP contribution in [0.3, 0.4) is 0 Å². The maximum Gasteiger partial charge on any atom is 0.335 e. The van der Waals surface area contributed by atoms with Crippen LogP contribution in [0.15, 0.2) is 83.8 Å². The number of para-hydroxylation sites is 1. The van der Waals surface area contributed by atoms with E-state index in [1.165, 1.54) is 4.31 Å². The Morgan fingerprint density at radius 3 is 2.16 bits per heavy atom. The van der Waals surface area contributed by atoms with Crippen LogP contribution >= 0.6 is 0 Å². The minimum absolute atomic E-state index is 0.254. The van der Waals surface area contributed by atoms with Crippen molar-refractivity contribution < 1.29 is 18.3 Å². The molecule has 31 heavy (non-hydrogen) atoms. The molecule has 0 aliphatic carbocycles. The molecule has 0 unspecified atom stereocenters. The Balaban J connectivity index is 1.90. The van der Waals surface area contributed by atoms with Gasteiger partial charge in [0.15, 0.2) is 0 Å². The zero-order valence-electron chi connectivity index (χ0n) is 17.6. The van der Waals surface area contributed by atoms with Crippen LogP contribution in [0.2, 0.25) is 0 Å². The summed E-state index contributed by atoms with van der Waals surface area (Å²) in [6.45, 7) is 2.46. The van der Waals surface area contributed by atoms with E-state index >= 15 is 0 Å². The van der Waals surface area contributed by atoms with Gasteiger partial charge < -0.3 is 5.11 Å². The average molecular weight is 438 g/mol. The highest BCUT2D eigenvalue weighted by Crippen LogP contribution is 2.28. The third-order valence-corrected chi connectivity index (χ3v) is 7.02. The van der Waals surface area contributed by atoms with E-state index in [-0.39, 0.29) is 10.5 Å². The van der Waals surface area contributed by atoms with Crippen molar-refractivity contribution in [1.29, 1.82) is 0 Å². The number of sulfonamides is 1. The smallest absolute Gasteiger partial charge is 0.335 e. The standard InChI is InChI=1S/C25H27NO4S/c1-2-3-19-26(31(29,30)23-10-5-4-6-11-23)24-12-8-7-9-21(24)16-13-20-14-17-22(18-15-20)25(27)28/h4-12,14-15,17-18H,2-3,13,16,19H2,1H3,(H,27,28). The molecule has 0 spiro atoms. The quantitative estimate of drug-likeness (QED) is 0.475. The van der Waals surface area contributed by atoms with Crippen molar-refractivity contribution in [1.82, 2.24) is 0 Å². The summed E-state index contributed by atoms with van der Waals surface area (Å²) in [7, 11) is -3.68. The highest BCUT2D eigenvalue weighted by molar-refractivity contribution is 7.92.